The summed E-state index contributed by atoms with van der Waals surface area (Å²) >= 11 is 0. The SMILES string of the molecule is C[N+](C)(C)C1CC23CCCCC2(C1)CC([N+](C)(C)C)C3. The average Bonchev–Trinajstić information content (AvgIpc) is 2.76. The Hall–Kier alpha value is -0.0800. The Balaban J connectivity index is 1.92. The lowest BCUT2D eigenvalue weighted by Gasteiger charge is -2.43. The van der Waals surface area contributed by atoms with Crippen LogP contribution in [0.25, 0.3) is 0 Å². The Morgan fingerprint density at radius 2 is 0.900 bits per heavy atom. The third kappa shape index (κ3) is 2.06. The van der Waals surface area contributed by atoms with Crippen molar-refractivity contribution in [2.75, 3.05) is 42.3 Å². The average molecular weight is 280 g/mol. The highest BCUT2D eigenvalue weighted by Gasteiger charge is 2.67. The summed E-state index contributed by atoms with van der Waals surface area (Å²) in [6.07, 6.45) is 12.1. The van der Waals surface area contributed by atoms with Crippen LogP contribution in [0.5, 0.6) is 0 Å². The number of hydrogen-bond donors (Lipinski definition) is 0. The molecule has 0 aromatic heterocycles. The third-order valence-corrected chi connectivity index (χ3v) is 7.38. The highest BCUT2D eigenvalue weighted by atomic mass is 15.3. The molecule has 0 aromatic rings. The predicted octanol–water partition coefficient (Wildman–Crippen LogP) is 3.27. The van der Waals surface area contributed by atoms with Gasteiger partial charge in [-0.2, -0.15) is 0 Å². The van der Waals surface area contributed by atoms with E-state index in [2.05, 4.69) is 42.3 Å². The molecule has 0 radical (unpaired) electrons. The molecule has 3 aliphatic carbocycles. The van der Waals surface area contributed by atoms with Gasteiger partial charge in [0, 0.05) is 25.7 Å². The first-order valence-corrected chi connectivity index (χ1v) is 8.70. The zero-order valence-corrected chi connectivity index (χ0v) is 14.7. The Bertz CT molecular complexity index is 335. The van der Waals surface area contributed by atoms with Gasteiger partial charge in [-0.15, -0.1) is 0 Å². The van der Waals surface area contributed by atoms with E-state index in [0.29, 0.717) is 10.8 Å². The van der Waals surface area contributed by atoms with Gasteiger partial charge in [-0.05, 0) is 23.7 Å². The zero-order valence-electron chi connectivity index (χ0n) is 14.7. The fourth-order valence-electron chi connectivity index (χ4n) is 5.94. The van der Waals surface area contributed by atoms with Crippen molar-refractivity contribution in [1.29, 1.82) is 0 Å². The molecule has 0 aliphatic heterocycles. The van der Waals surface area contributed by atoms with E-state index in [1.165, 1.54) is 60.3 Å². The van der Waals surface area contributed by atoms with Gasteiger partial charge in [-0.25, -0.2) is 0 Å². The minimum Gasteiger partial charge on any atom is -0.328 e. The van der Waals surface area contributed by atoms with Crippen LogP contribution in [0.15, 0.2) is 0 Å². The molecular weight excluding hydrogens is 244 g/mol. The maximum absolute atomic E-state index is 2.42. The Morgan fingerprint density at radius 1 is 0.600 bits per heavy atom. The molecule has 0 heterocycles. The van der Waals surface area contributed by atoms with Gasteiger partial charge in [0.1, 0.15) is 0 Å². The van der Waals surface area contributed by atoms with E-state index in [-0.39, 0.29) is 0 Å². The van der Waals surface area contributed by atoms with Crippen LogP contribution >= 0.6 is 0 Å². The van der Waals surface area contributed by atoms with Crippen LogP contribution in [0.4, 0.5) is 0 Å². The molecule has 3 fully saturated rings. The van der Waals surface area contributed by atoms with Gasteiger partial charge in [0.2, 0.25) is 0 Å². The Labute approximate surface area is 126 Å². The van der Waals surface area contributed by atoms with Gasteiger partial charge in [-0.3, -0.25) is 0 Å². The number of hydrogen-bond acceptors (Lipinski definition) is 0. The predicted molar refractivity (Wildman–Crippen MR) is 85.4 cm³/mol. The van der Waals surface area contributed by atoms with Crippen molar-refractivity contribution in [2.24, 2.45) is 10.8 Å². The summed E-state index contributed by atoms with van der Waals surface area (Å²) in [4.78, 5) is 0. The van der Waals surface area contributed by atoms with Crippen molar-refractivity contribution in [2.45, 2.75) is 63.5 Å². The zero-order chi connectivity index (χ0) is 14.8. The first-order chi connectivity index (χ1) is 9.08. The van der Waals surface area contributed by atoms with E-state index in [0.717, 1.165) is 12.1 Å². The normalized spacial score (nSPS) is 45.3. The van der Waals surface area contributed by atoms with E-state index in [9.17, 15) is 0 Å². The van der Waals surface area contributed by atoms with Crippen molar-refractivity contribution < 1.29 is 8.97 Å². The molecule has 0 saturated heterocycles. The maximum Gasteiger partial charge on any atom is 0.0895 e. The topological polar surface area (TPSA) is 0 Å². The molecule has 2 heteroatoms. The van der Waals surface area contributed by atoms with E-state index >= 15 is 0 Å². The second kappa shape index (κ2) is 4.23. The number of quaternary nitrogens is 2. The molecule has 3 rings (SSSR count). The van der Waals surface area contributed by atoms with Gasteiger partial charge < -0.3 is 8.97 Å². The van der Waals surface area contributed by atoms with Gasteiger partial charge >= 0.3 is 0 Å². The number of rotatable bonds is 2. The van der Waals surface area contributed by atoms with Crippen molar-refractivity contribution in [3.63, 3.8) is 0 Å². The van der Waals surface area contributed by atoms with Crippen molar-refractivity contribution in [3.8, 4) is 0 Å². The smallest absolute Gasteiger partial charge is 0.0895 e. The molecule has 20 heavy (non-hydrogen) atoms. The van der Waals surface area contributed by atoms with Crippen LogP contribution in [0.1, 0.15) is 51.4 Å². The first kappa shape index (κ1) is 14.8. The molecule has 0 amide bonds. The summed E-state index contributed by atoms with van der Waals surface area (Å²) in [5, 5.41) is 0. The summed E-state index contributed by atoms with van der Waals surface area (Å²) in [5.41, 5.74) is 1.41. The maximum atomic E-state index is 2.42. The standard InChI is InChI=1S/C18H36N2/c1-19(2,3)15-11-17-9-7-8-10-18(17,12-15)14-16(13-17)20(4,5)6/h15-16H,7-14H2,1-6H3/q+2. The van der Waals surface area contributed by atoms with Crippen LogP contribution in [-0.4, -0.2) is 63.3 Å². The summed E-state index contributed by atoms with van der Waals surface area (Å²) in [6.45, 7) is 0. The van der Waals surface area contributed by atoms with Crippen LogP contribution < -0.4 is 0 Å². The molecule has 0 bridgehead atoms. The van der Waals surface area contributed by atoms with E-state index in [1.54, 1.807) is 0 Å². The minimum atomic E-state index is 0.706. The van der Waals surface area contributed by atoms with Gasteiger partial charge in [0.15, 0.2) is 0 Å². The monoisotopic (exact) mass is 280 g/mol. The van der Waals surface area contributed by atoms with Gasteiger partial charge in [0.25, 0.3) is 0 Å². The molecular formula is C18H36N2+2. The third-order valence-electron chi connectivity index (χ3n) is 7.38. The lowest BCUT2D eigenvalue weighted by atomic mass is 9.60. The van der Waals surface area contributed by atoms with Crippen molar-refractivity contribution >= 4 is 0 Å². The second-order valence-electron chi connectivity index (χ2n) is 10.1. The quantitative estimate of drug-likeness (QED) is 0.681. The summed E-state index contributed by atoms with van der Waals surface area (Å²) < 4.78 is 2.36. The fraction of sp³-hybridized carbons (Fsp3) is 1.00. The minimum absolute atomic E-state index is 0.706. The van der Waals surface area contributed by atoms with Gasteiger partial charge in [-0.1, -0.05) is 12.8 Å². The summed E-state index contributed by atoms with van der Waals surface area (Å²) in [6, 6.07) is 1.81. The highest BCUT2D eigenvalue weighted by Crippen LogP contribution is 2.70. The highest BCUT2D eigenvalue weighted by molar-refractivity contribution is 5.13. The van der Waals surface area contributed by atoms with E-state index in [4.69, 9.17) is 0 Å². The van der Waals surface area contributed by atoms with Gasteiger partial charge in [0.05, 0.1) is 54.4 Å². The summed E-state index contributed by atoms with van der Waals surface area (Å²) in [5.74, 6) is 0. The first-order valence-electron chi connectivity index (χ1n) is 8.70. The van der Waals surface area contributed by atoms with Crippen LogP contribution in [0.3, 0.4) is 0 Å². The van der Waals surface area contributed by atoms with Crippen LogP contribution in [-0.2, 0) is 0 Å². The molecule has 0 N–H and O–H groups in total. The van der Waals surface area contributed by atoms with E-state index < -0.39 is 0 Å². The fourth-order valence-corrected chi connectivity index (χ4v) is 5.94. The van der Waals surface area contributed by atoms with E-state index in [1.807, 2.05) is 0 Å². The number of nitrogens with zero attached hydrogens (tertiary/aromatic N) is 2. The van der Waals surface area contributed by atoms with Crippen LogP contribution in [0.2, 0.25) is 0 Å². The molecule has 3 saturated carbocycles. The molecule has 0 aromatic carbocycles. The molecule has 0 atom stereocenters. The molecule has 116 valence electrons. The molecule has 2 nitrogen and oxygen atoms in total. The Morgan fingerprint density at radius 3 is 1.15 bits per heavy atom. The summed E-state index contributed by atoms with van der Waals surface area (Å²) in [7, 11) is 14.5. The lowest BCUT2D eigenvalue weighted by molar-refractivity contribution is -0.900. The van der Waals surface area contributed by atoms with Crippen molar-refractivity contribution in [1.82, 2.24) is 0 Å². The largest absolute Gasteiger partial charge is 0.328 e. The Kier molecular flexibility index (Phi) is 3.14. The second-order valence-corrected chi connectivity index (χ2v) is 10.1. The van der Waals surface area contributed by atoms with Crippen LogP contribution in [0, 0.1) is 10.8 Å². The van der Waals surface area contributed by atoms with Crippen molar-refractivity contribution in [3.05, 3.63) is 0 Å². The molecule has 0 unspecified atom stereocenters. The molecule has 0 spiro atoms. The lowest BCUT2D eigenvalue weighted by Crippen LogP contribution is -2.47. The molecule has 3 aliphatic rings.